The van der Waals surface area contributed by atoms with Crippen LogP contribution in [0.3, 0.4) is 0 Å². The Kier molecular flexibility index (Phi) is 11.7. The van der Waals surface area contributed by atoms with Crippen LogP contribution in [0.5, 0.6) is 0 Å². The lowest BCUT2D eigenvalue weighted by atomic mass is 10.0. The Balaban J connectivity index is 1.85. The molecular formula is C35H37Cl2N3O4S. The van der Waals surface area contributed by atoms with Crippen LogP contribution < -0.4 is 9.62 Å². The molecule has 4 rings (SSSR count). The molecule has 7 nitrogen and oxygen atoms in total. The maximum Gasteiger partial charge on any atom is 0.264 e. The van der Waals surface area contributed by atoms with E-state index in [1.807, 2.05) is 57.2 Å². The zero-order chi connectivity index (χ0) is 32.6. The number of rotatable bonds is 13. The second-order valence-corrected chi connectivity index (χ2v) is 13.4. The Hall–Kier alpha value is -3.85. The molecule has 45 heavy (non-hydrogen) atoms. The lowest BCUT2D eigenvalue weighted by molar-refractivity contribution is -0.140. The Morgan fingerprint density at radius 1 is 0.822 bits per heavy atom. The second kappa shape index (κ2) is 15.4. The van der Waals surface area contributed by atoms with Gasteiger partial charge in [0.2, 0.25) is 11.8 Å². The van der Waals surface area contributed by atoms with Gasteiger partial charge in [0.05, 0.1) is 10.6 Å². The molecule has 0 aliphatic rings. The number of carbonyl (C=O) groups is 2. The van der Waals surface area contributed by atoms with Gasteiger partial charge in [0, 0.05) is 35.1 Å². The van der Waals surface area contributed by atoms with Crippen LogP contribution >= 0.6 is 23.2 Å². The van der Waals surface area contributed by atoms with E-state index in [0.717, 1.165) is 15.4 Å². The Morgan fingerprint density at radius 3 is 2.04 bits per heavy atom. The number of aryl methyl sites for hydroxylation is 1. The van der Waals surface area contributed by atoms with Crippen molar-refractivity contribution in [2.24, 2.45) is 0 Å². The lowest BCUT2D eigenvalue weighted by Gasteiger charge is -2.34. The first-order chi connectivity index (χ1) is 21.5. The van der Waals surface area contributed by atoms with Gasteiger partial charge in [-0.1, -0.05) is 96.9 Å². The molecule has 1 N–H and O–H groups in total. The average Bonchev–Trinajstić information content (AvgIpc) is 3.03. The van der Waals surface area contributed by atoms with Crippen LogP contribution in [0.4, 0.5) is 5.69 Å². The predicted molar refractivity (Wildman–Crippen MR) is 181 cm³/mol. The fourth-order valence-corrected chi connectivity index (χ4v) is 7.02. The molecule has 0 heterocycles. The van der Waals surface area contributed by atoms with Crippen LogP contribution in [0, 0.1) is 13.8 Å². The van der Waals surface area contributed by atoms with Gasteiger partial charge in [0.1, 0.15) is 12.6 Å². The molecule has 236 valence electrons. The number of hydrogen-bond donors (Lipinski definition) is 1. The van der Waals surface area contributed by atoms with Crippen LogP contribution in [-0.4, -0.2) is 44.3 Å². The molecule has 0 aromatic heterocycles. The molecule has 0 bridgehead atoms. The fourth-order valence-electron chi connectivity index (χ4n) is 5.01. The zero-order valence-electron chi connectivity index (χ0n) is 25.5. The smallest absolute Gasteiger partial charge is 0.264 e. The first kappa shape index (κ1) is 34.0. The first-order valence-corrected chi connectivity index (χ1v) is 16.9. The summed E-state index contributed by atoms with van der Waals surface area (Å²) in [6, 6.07) is 26.7. The molecule has 0 fully saturated rings. The van der Waals surface area contributed by atoms with Crippen molar-refractivity contribution in [3.63, 3.8) is 0 Å². The fraction of sp³-hybridized carbons (Fsp3) is 0.257. The van der Waals surface area contributed by atoms with E-state index >= 15 is 0 Å². The van der Waals surface area contributed by atoms with Crippen molar-refractivity contribution in [3.8, 4) is 0 Å². The van der Waals surface area contributed by atoms with Gasteiger partial charge < -0.3 is 10.2 Å². The summed E-state index contributed by atoms with van der Waals surface area (Å²) in [7, 11) is -4.20. The Morgan fingerprint density at radius 2 is 1.42 bits per heavy atom. The summed E-state index contributed by atoms with van der Waals surface area (Å²) < 4.78 is 29.5. The number of sulfonamides is 1. The number of anilines is 1. The van der Waals surface area contributed by atoms with Crippen molar-refractivity contribution in [2.75, 3.05) is 17.4 Å². The third kappa shape index (κ3) is 8.25. The minimum Gasteiger partial charge on any atom is -0.354 e. The van der Waals surface area contributed by atoms with Crippen molar-refractivity contribution in [2.45, 2.75) is 51.1 Å². The van der Waals surface area contributed by atoms with Crippen LogP contribution in [0.25, 0.3) is 0 Å². The lowest BCUT2D eigenvalue weighted by Crippen LogP contribution is -2.53. The topological polar surface area (TPSA) is 86.8 Å². The molecule has 0 saturated carbocycles. The van der Waals surface area contributed by atoms with Crippen LogP contribution in [0.2, 0.25) is 10.0 Å². The van der Waals surface area contributed by atoms with Crippen LogP contribution in [0.15, 0.2) is 102 Å². The molecule has 0 aliphatic heterocycles. The maximum absolute atomic E-state index is 14.6. The summed E-state index contributed by atoms with van der Waals surface area (Å²) in [5, 5.41) is 3.59. The number of nitrogens with one attached hydrogen (secondary N) is 1. The molecular weight excluding hydrogens is 629 g/mol. The average molecular weight is 667 g/mol. The van der Waals surface area contributed by atoms with E-state index < -0.39 is 28.5 Å². The van der Waals surface area contributed by atoms with Crippen LogP contribution in [-0.2, 0) is 32.6 Å². The van der Waals surface area contributed by atoms with E-state index in [-0.39, 0.29) is 23.8 Å². The van der Waals surface area contributed by atoms with E-state index in [4.69, 9.17) is 23.2 Å². The largest absolute Gasteiger partial charge is 0.354 e. The molecule has 2 amide bonds. The zero-order valence-corrected chi connectivity index (χ0v) is 27.9. The molecule has 0 unspecified atom stereocenters. The highest BCUT2D eigenvalue weighted by atomic mass is 35.5. The summed E-state index contributed by atoms with van der Waals surface area (Å²) in [5.41, 5.74) is 3.25. The van der Waals surface area contributed by atoms with E-state index in [9.17, 15) is 18.0 Å². The van der Waals surface area contributed by atoms with Crippen LogP contribution in [0.1, 0.15) is 35.6 Å². The highest BCUT2D eigenvalue weighted by molar-refractivity contribution is 7.92. The standard InChI is InChI=1S/C35H37Cl2N3O4S/c1-4-21-38-35(42)33(22-27-14-7-5-8-15-27)39(23-29-30(36)18-12-19-31(29)37)34(41)24-40(32-20-11-13-25(2)26(32)3)45(43,44)28-16-9-6-10-17-28/h5-20,33H,4,21-24H2,1-3H3,(H,38,42)/t33-/m0/s1. The summed E-state index contributed by atoms with van der Waals surface area (Å²) >= 11 is 13.1. The third-order valence-electron chi connectivity index (χ3n) is 7.67. The van der Waals surface area contributed by atoms with Gasteiger partial charge >= 0.3 is 0 Å². The van der Waals surface area contributed by atoms with Gasteiger partial charge in [-0.15, -0.1) is 0 Å². The number of carbonyl (C=O) groups excluding carboxylic acids is 2. The van der Waals surface area contributed by atoms with Crippen molar-refractivity contribution in [3.05, 3.63) is 129 Å². The quantitative estimate of drug-likeness (QED) is 0.167. The number of hydrogen-bond acceptors (Lipinski definition) is 4. The molecule has 0 aliphatic carbocycles. The highest BCUT2D eigenvalue weighted by Gasteiger charge is 2.35. The molecule has 0 spiro atoms. The van der Waals surface area contributed by atoms with Crippen molar-refractivity contribution in [1.82, 2.24) is 10.2 Å². The van der Waals surface area contributed by atoms with E-state index in [1.165, 1.54) is 17.0 Å². The van der Waals surface area contributed by atoms with Gasteiger partial charge in [-0.25, -0.2) is 8.42 Å². The molecule has 4 aromatic rings. The van der Waals surface area contributed by atoms with Gasteiger partial charge in [-0.2, -0.15) is 0 Å². The SMILES string of the molecule is CCCNC(=O)[C@H](Cc1ccccc1)N(Cc1c(Cl)cccc1Cl)C(=O)CN(c1cccc(C)c1C)S(=O)(=O)c1ccccc1. The summed E-state index contributed by atoms with van der Waals surface area (Å²) in [4.78, 5) is 29.8. The summed E-state index contributed by atoms with van der Waals surface area (Å²) in [6.07, 6.45) is 0.892. The van der Waals surface area contributed by atoms with E-state index in [0.29, 0.717) is 39.8 Å². The Bertz CT molecular complexity index is 1710. The summed E-state index contributed by atoms with van der Waals surface area (Å²) in [6.45, 7) is 5.38. The first-order valence-electron chi connectivity index (χ1n) is 14.7. The minimum atomic E-state index is -4.20. The normalized spacial score (nSPS) is 11.9. The van der Waals surface area contributed by atoms with Crippen molar-refractivity contribution in [1.29, 1.82) is 0 Å². The number of amides is 2. The monoisotopic (exact) mass is 665 g/mol. The number of nitrogens with zero attached hydrogens (tertiary/aromatic N) is 2. The number of benzene rings is 4. The molecule has 4 aromatic carbocycles. The van der Waals surface area contributed by atoms with E-state index in [1.54, 1.807) is 48.5 Å². The number of halogens is 2. The second-order valence-electron chi connectivity index (χ2n) is 10.8. The molecule has 10 heteroatoms. The summed E-state index contributed by atoms with van der Waals surface area (Å²) in [5.74, 6) is -0.944. The van der Waals surface area contributed by atoms with Crippen molar-refractivity contribution < 1.29 is 18.0 Å². The molecule has 0 radical (unpaired) electrons. The van der Waals surface area contributed by atoms with Crippen molar-refractivity contribution >= 4 is 50.7 Å². The van der Waals surface area contributed by atoms with Gasteiger partial charge in [0.15, 0.2) is 0 Å². The third-order valence-corrected chi connectivity index (χ3v) is 10.1. The predicted octanol–water partition coefficient (Wildman–Crippen LogP) is 6.97. The van der Waals surface area contributed by atoms with E-state index in [2.05, 4.69) is 5.32 Å². The van der Waals surface area contributed by atoms with Gasteiger partial charge in [-0.3, -0.25) is 13.9 Å². The Labute approximate surface area is 275 Å². The molecule has 1 atom stereocenters. The van der Waals surface area contributed by atoms with Gasteiger partial charge in [0.25, 0.3) is 10.0 Å². The maximum atomic E-state index is 14.6. The molecule has 0 saturated heterocycles. The van der Waals surface area contributed by atoms with Gasteiger partial charge in [-0.05, 0) is 67.3 Å². The highest BCUT2D eigenvalue weighted by Crippen LogP contribution is 2.31. The minimum absolute atomic E-state index is 0.0425.